The number of carbonyl (C=O) groups is 1. The molecule has 4 rings (SSSR count). The van der Waals surface area contributed by atoms with Gasteiger partial charge >= 0.3 is 6.18 Å². The molecular formula is C27H19BrCl2F3N3O. The summed E-state index contributed by atoms with van der Waals surface area (Å²) in [5.74, 6) is -0.528. The van der Waals surface area contributed by atoms with Gasteiger partial charge in [-0.05, 0) is 60.2 Å². The molecule has 10 heteroatoms. The molecule has 4 aromatic rings. The molecule has 0 aliphatic heterocycles. The smallest absolute Gasteiger partial charge is 0.348 e. The van der Waals surface area contributed by atoms with Crippen LogP contribution in [0.5, 0.6) is 0 Å². The Morgan fingerprint density at radius 1 is 0.946 bits per heavy atom. The Bertz CT molecular complexity index is 1440. The van der Waals surface area contributed by atoms with E-state index < -0.39 is 17.6 Å². The summed E-state index contributed by atoms with van der Waals surface area (Å²) in [6.07, 6.45) is -4.48. The lowest BCUT2D eigenvalue weighted by molar-refractivity contribution is -0.137. The number of pyridine rings is 1. The van der Waals surface area contributed by atoms with Gasteiger partial charge in [0.1, 0.15) is 0 Å². The molecule has 0 atom stereocenters. The van der Waals surface area contributed by atoms with Crippen molar-refractivity contribution in [2.75, 3.05) is 0 Å². The van der Waals surface area contributed by atoms with Gasteiger partial charge in [-0.25, -0.2) is 0 Å². The van der Waals surface area contributed by atoms with Gasteiger partial charge in [0.05, 0.1) is 17.0 Å². The zero-order valence-electron chi connectivity index (χ0n) is 19.0. The van der Waals surface area contributed by atoms with Crippen LogP contribution in [0.2, 0.25) is 10.0 Å². The van der Waals surface area contributed by atoms with E-state index in [2.05, 4.69) is 21.2 Å². The van der Waals surface area contributed by atoms with E-state index in [0.717, 1.165) is 34.3 Å². The fraction of sp³-hybridized carbons (Fsp3) is 0.111. The van der Waals surface area contributed by atoms with Gasteiger partial charge in [-0.3, -0.25) is 9.78 Å². The number of benzene rings is 3. The van der Waals surface area contributed by atoms with E-state index in [1.165, 1.54) is 0 Å². The number of nitrogens with two attached hydrogens (primary N) is 1. The van der Waals surface area contributed by atoms with E-state index in [0.29, 0.717) is 38.1 Å². The predicted octanol–water partition coefficient (Wildman–Crippen LogP) is 7.89. The largest absolute Gasteiger partial charge is 0.416 e. The normalized spacial score (nSPS) is 11.4. The number of hydrogen-bond donors (Lipinski definition) is 2. The summed E-state index contributed by atoms with van der Waals surface area (Å²) in [4.78, 5) is 17.5. The highest BCUT2D eigenvalue weighted by Gasteiger charge is 2.30. The SMILES string of the molecule is NCc1nc(-c2ccc(Br)cc2)c(-c2ccc(Cl)cc2Cl)cc1CNC(=O)c1ccc(C(F)(F)F)cc1. The third kappa shape index (κ3) is 6.33. The Morgan fingerprint density at radius 2 is 1.62 bits per heavy atom. The molecule has 0 fully saturated rings. The van der Waals surface area contributed by atoms with E-state index in [1.807, 2.05) is 30.3 Å². The Labute approximate surface area is 229 Å². The molecule has 0 saturated carbocycles. The summed E-state index contributed by atoms with van der Waals surface area (Å²) in [6.45, 7) is 0.155. The van der Waals surface area contributed by atoms with Gasteiger partial charge in [0.15, 0.2) is 0 Å². The van der Waals surface area contributed by atoms with Gasteiger partial charge < -0.3 is 11.1 Å². The van der Waals surface area contributed by atoms with Gasteiger partial charge in [0.25, 0.3) is 5.91 Å². The minimum Gasteiger partial charge on any atom is -0.348 e. The van der Waals surface area contributed by atoms with Crippen LogP contribution in [0.4, 0.5) is 13.2 Å². The van der Waals surface area contributed by atoms with Crippen molar-refractivity contribution in [3.63, 3.8) is 0 Å². The van der Waals surface area contributed by atoms with Gasteiger partial charge in [0.2, 0.25) is 0 Å². The summed E-state index contributed by atoms with van der Waals surface area (Å²) >= 11 is 16.1. The van der Waals surface area contributed by atoms with Gasteiger partial charge in [-0.2, -0.15) is 13.2 Å². The fourth-order valence-electron chi connectivity index (χ4n) is 3.75. The van der Waals surface area contributed by atoms with Crippen LogP contribution in [-0.2, 0) is 19.3 Å². The van der Waals surface area contributed by atoms with Crippen molar-refractivity contribution in [3.05, 3.63) is 110 Å². The minimum absolute atomic E-state index is 0.0538. The van der Waals surface area contributed by atoms with E-state index >= 15 is 0 Å². The van der Waals surface area contributed by atoms with E-state index in [1.54, 1.807) is 18.2 Å². The van der Waals surface area contributed by atoms with Crippen molar-refractivity contribution < 1.29 is 18.0 Å². The molecule has 1 aromatic heterocycles. The first-order valence-corrected chi connectivity index (χ1v) is 12.5. The number of amides is 1. The van der Waals surface area contributed by atoms with Crippen LogP contribution in [0.15, 0.2) is 77.3 Å². The van der Waals surface area contributed by atoms with Crippen molar-refractivity contribution >= 4 is 45.0 Å². The van der Waals surface area contributed by atoms with Crippen LogP contribution < -0.4 is 11.1 Å². The second-order valence-corrected chi connectivity index (χ2v) is 9.84. The van der Waals surface area contributed by atoms with Gasteiger partial charge in [0, 0.05) is 49.9 Å². The molecule has 3 N–H and O–H groups in total. The molecule has 4 nitrogen and oxygen atoms in total. The molecule has 0 bridgehead atoms. The highest BCUT2D eigenvalue weighted by molar-refractivity contribution is 9.10. The lowest BCUT2D eigenvalue weighted by atomic mass is 9.96. The molecular weight excluding hydrogens is 590 g/mol. The number of halogens is 6. The van der Waals surface area contributed by atoms with Crippen LogP contribution in [0, 0.1) is 0 Å². The standard InChI is InChI=1S/C27H19BrCl2F3N3O/c28-19-7-3-15(4-8-19)25-22(21-10-9-20(29)12-23(21)30)11-17(24(13-34)36-25)14-35-26(37)16-1-5-18(6-2-16)27(31,32)33/h1-12H,13-14,34H2,(H,35,37). The number of nitrogens with zero attached hydrogens (tertiary/aromatic N) is 1. The summed E-state index contributed by atoms with van der Waals surface area (Å²) in [5.41, 5.74) is 9.35. The molecule has 3 aromatic carbocycles. The Balaban J connectivity index is 1.71. The van der Waals surface area contributed by atoms with Crippen molar-refractivity contribution in [1.82, 2.24) is 10.3 Å². The molecule has 0 spiro atoms. The lowest BCUT2D eigenvalue weighted by Crippen LogP contribution is -2.24. The highest BCUT2D eigenvalue weighted by Crippen LogP contribution is 2.38. The van der Waals surface area contributed by atoms with E-state index in [-0.39, 0.29) is 18.7 Å². The van der Waals surface area contributed by atoms with E-state index in [9.17, 15) is 18.0 Å². The number of carbonyl (C=O) groups excluding carboxylic acids is 1. The molecule has 37 heavy (non-hydrogen) atoms. The van der Waals surface area contributed by atoms with Crippen molar-refractivity contribution in [3.8, 4) is 22.4 Å². The van der Waals surface area contributed by atoms with Crippen LogP contribution in [0.25, 0.3) is 22.4 Å². The summed E-state index contributed by atoms with van der Waals surface area (Å²) in [6, 6.07) is 18.6. The maximum absolute atomic E-state index is 12.8. The lowest BCUT2D eigenvalue weighted by Gasteiger charge is -2.17. The third-order valence-corrected chi connectivity index (χ3v) is 6.71. The number of rotatable bonds is 6. The molecule has 0 saturated heterocycles. The number of hydrogen-bond acceptors (Lipinski definition) is 3. The molecule has 0 unspecified atom stereocenters. The van der Waals surface area contributed by atoms with Gasteiger partial charge in [-0.15, -0.1) is 0 Å². The maximum atomic E-state index is 12.8. The predicted molar refractivity (Wildman–Crippen MR) is 143 cm³/mol. The average molecular weight is 609 g/mol. The molecule has 190 valence electrons. The Hall–Kier alpha value is -2.91. The van der Waals surface area contributed by atoms with Crippen molar-refractivity contribution in [1.29, 1.82) is 0 Å². The fourth-order valence-corrected chi connectivity index (χ4v) is 4.53. The van der Waals surface area contributed by atoms with Crippen LogP contribution >= 0.6 is 39.1 Å². The molecule has 0 radical (unpaired) electrons. The molecule has 0 aliphatic carbocycles. The zero-order chi connectivity index (χ0) is 26.7. The van der Waals surface area contributed by atoms with Crippen LogP contribution in [0.1, 0.15) is 27.2 Å². The molecule has 0 aliphatic rings. The highest BCUT2D eigenvalue weighted by atomic mass is 79.9. The van der Waals surface area contributed by atoms with Crippen LogP contribution in [-0.4, -0.2) is 10.9 Å². The summed E-state index contributed by atoms with van der Waals surface area (Å²) in [5, 5.41) is 3.65. The first-order valence-electron chi connectivity index (χ1n) is 11.0. The molecule has 1 heterocycles. The van der Waals surface area contributed by atoms with Crippen molar-refractivity contribution in [2.45, 2.75) is 19.3 Å². The quantitative estimate of drug-likeness (QED) is 0.234. The number of alkyl halides is 3. The second-order valence-electron chi connectivity index (χ2n) is 8.08. The molecule has 1 amide bonds. The van der Waals surface area contributed by atoms with E-state index in [4.69, 9.17) is 33.9 Å². The number of aromatic nitrogens is 1. The number of nitrogens with one attached hydrogen (secondary N) is 1. The van der Waals surface area contributed by atoms with Crippen LogP contribution in [0.3, 0.4) is 0 Å². The minimum atomic E-state index is -4.48. The first-order chi connectivity index (χ1) is 17.6. The maximum Gasteiger partial charge on any atom is 0.416 e. The summed E-state index contributed by atoms with van der Waals surface area (Å²) < 4.78 is 39.4. The average Bonchev–Trinajstić information content (AvgIpc) is 2.87. The van der Waals surface area contributed by atoms with Crippen molar-refractivity contribution in [2.24, 2.45) is 5.73 Å². The third-order valence-electron chi connectivity index (χ3n) is 5.64. The monoisotopic (exact) mass is 607 g/mol. The Morgan fingerprint density at radius 3 is 2.22 bits per heavy atom. The second kappa shape index (κ2) is 11.2. The Kier molecular flexibility index (Phi) is 8.23. The topological polar surface area (TPSA) is 68.0 Å². The first kappa shape index (κ1) is 27.1. The summed E-state index contributed by atoms with van der Waals surface area (Å²) in [7, 11) is 0. The van der Waals surface area contributed by atoms with Gasteiger partial charge in [-0.1, -0.05) is 57.3 Å². The zero-order valence-corrected chi connectivity index (χ0v) is 22.1.